The first kappa shape index (κ1) is 19.7. The highest BCUT2D eigenvalue weighted by atomic mass is 16.3. The summed E-state index contributed by atoms with van der Waals surface area (Å²) < 4.78 is 0. The van der Waals surface area contributed by atoms with Crippen molar-refractivity contribution in [1.29, 1.82) is 0 Å². The Bertz CT molecular complexity index is 873. The highest BCUT2D eigenvalue weighted by Gasteiger charge is 2.31. The summed E-state index contributed by atoms with van der Waals surface area (Å²) >= 11 is 0. The normalized spacial score (nSPS) is 21.6. The second kappa shape index (κ2) is 8.39. The lowest BCUT2D eigenvalue weighted by Gasteiger charge is -2.37. The quantitative estimate of drug-likeness (QED) is 0.704. The van der Waals surface area contributed by atoms with Gasteiger partial charge in [0, 0.05) is 24.3 Å². The molecule has 154 valence electrons. The molecule has 1 aromatic heterocycles. The van der Waals surface area contributed by atoms with Gasteiger partial charge in [0.2, 0.25) is 0 Å². The maximum Gasteiger partial charge on any atom is 0.274 e. The van der Waals surface area contributed by atoms with Gasteiger partial charge >= 0.3 is 0 Å². The van der Waals surface area contributed by atoms with Crippen molar-refractivity contribution < 1.29 is 9.90 Å². The molecular weight excluding hydrogens is 364 g/mol. The van der Waals surface area contributed by atoms with E-state index in [1.165, 1.54) is 44.9 Å². The summed E-state index contributed by atoms with van der Waals surface area (Å²) in [6.45, 7) is 5.20. The Morgan fingerprint density at radius 2 is 1.90 bits per heavy atom. The number of amides is 1. The van der Waals surface area contributed by atoms with Crippen molar-refractivity contribution in [2.75, 3.05) is 16.8 Å². The fraction of sp³-hybridized carbons (Fsp3) is 0.522. The van der Waals surface area contributed by atoms with Crippen LogP contribution in [-0.4, -0.2) is 33.6 Å². The third-order valence-electron chi connectivity index (χ3n) is 6.22. The molecule has 0 radical (unpaired) electrons. The Hall–Kier alpha value is -2.63. The molecule has 4 rings (SSSR count). The predicted molar refractivity (Wildman–Crippen MR) is 114 cm³/mol. The molecule has 0 bridgehead atoms. The van der Waals surface area contributed by atoms with E-state index in [4.69, 9.17) is 0 Å². The van der Waals surface area contributed by atoms with Gasteiger partial charge in [-0.3, -0.25) is 4.79 Å². The molecule has 2 aliphatic carbocycles. The maximum absolute atomic E-state index is 12.8. The van der Waals surface area contributed by atoms with Gasteiger partial charge in [-0.2, -0.15) is 0 Å². The van der Waals surface area contributed by atoms with E-state index in [1.54, 1.807) is 18.2 Å². The van der Waals surface area contributed by atoms with Crippen LogP contribution in [0.25, 0.3) is 0 Å². The summed E-state index contributed by atoms with van der Waals surface area (Å²) in [5.74, 6) is 2.34. The Labute approximate surface area is 172 Å². The van der Waals surface area contributed by atoms with Crippen LogP contribution in [0.4, 0.5) is 11.5 Å². The average Bonchev–Trinajstić information content (AvgIpc) is 3.53. The molecule has 2 aliphatic rings. The lowest BCUT2D eigenvalue weighted by atomic mass is 9.86. The summed E-state index contributed by atoms with van der Waals surface area (Å²) in [6, 6.07) is 7.22. The van der Waals surface area contributed by atoms with Gasteiger partial charge in [-0.15, -0.1) is 0 Å². The zero-order valence-corrected chi connectivity index (χ0v) is 17.3. The molecule has 2 N–H and O–H groups in total. The first-order valence-electron chi connectivity index (χ1n) is 10.7. The Kier molecular flexibility index (Phi) is 5.69. The number of hydrogen-bond acceptors (Lipinski definition) is 5. The molecule has 1 aromatic carbocycles. The second-order valence-corrected chi connectivity index (χ2v) is 8.72. The summed E-state index contributed by atoms with van der Waals surface area (Å²) in [6.07, 6.45) is 8.96. The predicted octanol–water partition coefficient (Wildman–Crippen LogP) is 4.54. The number of nitrogens with one attached hydrogen (secondary N) is 1. The van der Waals surface area contributed by atoms with Crippen molar-refractivity contribution in [3.63, 3.8) is 0 Å². The summed E-state index contributed by atoms with van der Waals surface area (Å²) in [5, 5.41) is 12.5. The van der Waals surface area contributed by atoms with E-state index in [2.05, 4.69) is 27.1 Å². The van der Waals surface area contributed by atoms with Gasteiger partial charge in [0.25, 0.3) is 5.91 Å². The van der Waals surface area contributed by atoms with Crippen molar-refractivity contribution in [3.8, 4) is 5.75 Å². The topological polar surface area (TPSA) is 78.4 Å². The lowest BCUT2D eigenvalue weighted by molar-refractivity contribution is 0.102. The molecule has 1 heterocycles. The molecule has 0 spiro atoms. The van der Waals surface area contributed by atoms with Crippen LogP contribution in [0.5, 0.6) is 5.75 Å². The minimum absolute atomic E-state index is 0.183. The first-order valence-corrected chi connectivity index (χ1v) is 10.7. The van der Waals surface area contributed by atoms with Crippen molar-refractivity contribution in [1.82, 2.24) is 9.97 Å². The highest BCUT2D eigenvalue weighted by molar-refractivity contribution is 6.03. The number of phenolic OH excluding ortho intramolecular Hbond substituents is 1. The van der Waals surface area contributed by atoms with Gasteiger partial charge in [-0.05, 0) is 81.0 Å². The van der Waals surface area contributed by atoms with E-state index in [-0.39, 0.29) is 11.7 Å². The number of carbonyl (C=O) groups excluding carboxylic acids is 1. The minimum Gasteiger partial charge on any atom is -0.508 e. The van der Waals surface area contributed by atoms with Crippen LogP contribution in [0.15, 0.2) is 30.6 Å². The monoisotopic (exact) mass is 394 g/mol. The molecule has 6 heteroatoms. The molecule has 29 heavy (non-hydrogen) atoms. The van der Waals surface area contributed by atoms with Crippen molar-refractivity contribution >= 4 is 17.4 Å². The number of hydrogen-bond donors (Lipinski definition) is 2. The minimum atomic E-state index is -0.258. The Morgan fingerprint density at radius 3 is 2.59 bits per heavy atom. The number of aromatic nitrogens is 2. The van der Waals surface area contributed by atoms with E-state index in [0.29, 0.717) is 17.4 Å². The van der Waals surface area contributed by atoms with Crippen LogP contribution in [-0.2, 0) is 0 Å². The molecule has 2 saturated carbocycles. The molecule has 0 atom stereocenters. The lowest BCUT2D eigenvalue weighted by Crippen LogP contribution is -2.40. The van der Waals surface area contributed by atoms with Gasteiger partial charge < -0.3 is 15.3 Å². The largest absolute Gasteiger partial charge is 0.508 e. The zero-order valence-electron chi connectivity index (χ0n) is 17.3. The number of phenols is 1. The van der Waals surface area contributed by atoms with Crippen LogP contribution in [0.3, 0.4) is 0 Å². The van der Waals surface area contributed by atoms with Gasteiger partial charge in [-0.25, -0.2) is 9.97 Å². The van der Waals surface area contributed by atoms with Crippen LogP contribution >= 0.6 is 0 Å². The Morgan fingerprint density at radius 1 is 1.14 bits per heavy atom. The van der Waals surface area contributed by atoms with Crippen molar-refractivity contribution in [3.05, 3.63) is 41.9 Å². The SMILES string of the molecule is Cc1cc(O)ccc1NC(=O)c1cc(N(CC2CC2)C2CCC(C)CC2)ncn1. The fourth-order valence-electron chi connectivity index (χ4n) is 4.17. The molecule has 2 fully saturated rings. The zero-order chi connectivity index (χ0) is 20.4. The first-order chi connectivity index (χ1) is 14.0. The van der Waals surface area contributed by atoms with Crippen LogP contribution in [0.1, 0.15) is 61.5 Å². The van der Waals surface area contributed by atoms with Crippen molar-refractivity contribution in [2.24, 2.45) is 11.8 Å². The Balaban J connectivity index is 1.53. The van der Waals surface area contributed by atoms with Crippen LogP contribution < -0.4 is 10.2 Å². The van der Waals surface area contributed by atoms with Crippen LogP contribution in [0, 0.1) is 18.8 Å². The second-order valence-electron chi connectivity index (χ2n) is 8.72. The number of aryl methyl sites for hydroxylation is 1. The smallest absolute Gasteiger partial charge is 0.274 e. The third kappa shape index (κ3) is 4.86. The van der Waals surface area contributed by atoms with E-state index in [1.807, 2.05) is 13.0 Å². The third-order valence-corrected chi connectivity index (χ3v) is 6.22. The highest BCUT2D eigenvalue weighted by Crippen LogP contribution is 2.35. The van der Waals surface area contributed by atoms with E-state index in [0.717, 1.165) is 29.8 Å². The number of aromatic hydroxyl groups is 1. The summed E-state index contributed by atoms with van der Waals surface area (Å²) in [7, 11) is 0. The molecule has 1 amide bonds. The number of anilines is 2. The molecule has 0 saturated heterocycles. The summed E-state index contributed by atoms with van der Waals surface area (Å²) in [4.78, 5) is 24.0. The number of nitrogens with zero attached hydrogens (tertiary/aromatic N) is 3. The van der Waals surface area contributed by atoms with Crippen molar-refractivity contribution in [2.45, 2.75) is 58.4 Å². The average molecular weight is 395 g/mol. The van der Waals surface area contributed by atoms with Gasteiger partial charge in [0.05, 0.1) is 0 Å². The molecular formula is C23H30N4O2. The number of carbonyl (C=O) groups is 1. The standard InChI is InChI=1S/C23H30N4O2/c1-15-3-7-18(8-4-15)27(13-17-5-6-17)22-12-21(24-14-25-22)23(29)26-20-10-9-19(28)11-16(20)2/h9-12,14-15,17-18,28H,3-8,13H2,1-2H3,(H,26,29). The van der Waals surface area contributed by atoms with E-state index in [9.17, 15) is 9.90 Å². The molecule has 0 aliphatic heterocycles. The number of benzene rings is 1. The maximum atomic E-state index is 12.8. The van der Waals surface area contributed by atoms with Gasteiger partial charge in [-0.1, -0.05) is 6.92 Å². The molecule has 2 aromatic rings. The van der Waals surface area contributed by atoms with E-state index >= 15 is 0 Å². The summed E-state index contributed by atoms with van der Waals surface area (Å²) in [5.41, 5.74) is 1.84. The fourth-order valence-corrected chi connectivity index (χ4v) is 4.17. The molecule has 0 unspecified atom stereocenters. The van der Waals surface area contributed by atoms with E-state index < -0.39 is 0 Å². The van der Waals surface area contributed by atoms with Crippen LogP contribution in [0.2, 0.25) is 0 Å². The number of rotatable bonds is 6. The van der Waals surface area contributed by atoms with Gasteiger partial charge in [0.1, 0.15) is 23.6 Å². The van der Waals surface area contributed by atoms with Gasteiger partial charge in [0.15, 0.2) is 0 Å². The molecule has 6 nitrogen and oxygen atoms in total.